The third-order valence-corrected chi connectivity index (χ3v) is 1.54. The van der Waals surface area contributed by atoms with E-state index in [1.807, 2.05) is 0 Å². The van der Waals surface area contributed by atoms with Crippen LogP contribution in [0.3, 0.4) is 0 Å². The van der Waals surface area contributed by atoms with Gasteiger partial charge in [-0.25, -0.2) is 0 Å². The Labute approximate surface area is 49.3 Å². The number of nitrogens with one attached hydrogen (secondary N) is 1. The molecule has 0 bridgehead atoms. The average Bonchev–Trinajstić information content (AvgIpc) is 2.14. The van der Waals surface area contributed by atoms with Crippen LogP contribution in [0.5, 0.6) is 0 Å². The van der Waals surface area contributed by atoms with Gasteiger partial charge in [0.05, 0.1) is 0 Å². The molecule has 0 unspecified atom stereocenters. The topological polar surface area (TPSA) is 15.3 Å². The van der Waals surface area contributed by atoms with Gasteiger partial charge in [0.15, 0.2) is 0 Å². The monoisotopic (exact) mass is 118 g/mol. The fourth-order valence-corrected chi connectivity index (χ4v) is 0.916. The molecule has 1 aliphatic rings. The van der Waals surface area contributed by atoms with Gasteiger partial charge in [-0.1, -0.05) is 0 Å². The highest BCUT2D eigenvalue weighted by Crippen LogP contribution is 1.91. The molecule has 0 saturated carbocycles. The van der Waals surface area contributed by atoms with Gasteiger partial charge in [0.1, 0.15) is 0 Å². The standard InChI is InChI=1S/C4H10N2S/c7-4-6-2-1-5-3-6/h5,7H,1-4H2. The normalized spacial score (nSPS) is 23.6. The van der Waals surface area contributed by atoms with Gasteiger partial charge in [-0.3, -0.25) is 4.90 Å². The Hall–Kier alpha value is 0.270. The van der Waals surface area contributed by atoms with Crippen LogP contribution in [0.15, 0.2) is 0 Å². The molecule has 1 heterocycles. The molecule has 1 aliphatic heterocycles. The van der Waals surface area contributed by atoms with Gasteiger partial charge in [-0.05, 0) is 0 Å². The fraction of sp³-hybridized carbons (Fsp3) is 1.00. The Kier molecular flexibility index (Phi) is 1.97. The van der Waals surface area contributed by atoms with Crippen molar-refractivity contribution in [2.45, 2.75) is 0 Å². The van der Waals surface area contributed by atoms with Gasteiger partial charge in [0, 0.05) is 25.6 Å². The third-order valence-electron chi connectivity index (χ3n) is 1.14. The first-order chi connectivity index (χ1) is 3.43. The molecule has 1 N–H and O–H groups in total. The highest BCUT2D eigenvalue weighted by molar-refractivity contribution is 7.80. The van der Waals surface area contributed by atoms with E-state index in [-0.39, 0.29) is 0 Å². The lowest BCUT2D eigenvalue weighted by Crippen LogP contribution is -2.19. The summed E-state index contributed by atoms with van der Waals surface area (Å²) < 4.78 is 0. The average molecular weight is 118 g/mol. The lowest BCUT2D eigenvalue weighted by atomic mass is 10.7. The van der Waals surface area contributed by atoms with Gasteiger partial charge >= 0.3 is 0 Å². The first-order valence-corrected chi connectivity index (χ1v) is 3.10. The second-order valence-corrected chi connectivity index (χ2v) is 1.98. The molecule has 1 rings (SSSR count). The smallest absolute Gasteiger partial charge is 0.0489 e. The van der Waals surface area contributed by atoms with Gasteiger partial charge in [-0.15, -0.1) is 0 Å². The first-order valence-electron chi connectivity index (χ1n) is 2.47. The summed E-state index contributed by atoms with van der Waals surface area (Å²) >= 11 is 4.10. The van der Waals surface area contributed by atoms with Crippen LogP contribution >= 0.6 is 12.6 Å². The third kappa shape index (κ3) is 1.33. The number of nitrogens with zero attached hydrogens (tertiary/aromatic N) is 1. The minimum absolute atomic E-state index is 0.882. The van der Waals surface area contributed by atoms with Crippen LogP contribution in [0.25, 0.3) is 0 Å². The van der Waals surface area contributed by atoms with E-state index in [9.17, 15) is 0 Å². The molecule has 2 nitrogen and oxygen atoms in total. The first kappa shape index (κ1) is 5.41. The molecule has 7 heavy (non-hydrogen) atoms. The van der Waals surface area contributed by atoms with Crippen molar-refractivity contribution in [3.05, 3.63) is 0 Å². The van der Waals surface area contributed by atoms with Gasteiger partial charge < -0.3 is 5.32 Å². The van der Waals surface area contributed by atoms with Crippen molar-refractivity contribution < 1.29 is 0 Å². The zero-order valence-electron chi connectivity index (χ0n) is 4.22. The van der Waals surface area contributed by atoms with Gasteiger partial charge in [0.2, 0.25) is 0 Å². The summed E-state index contributed by atoms with van der Waals surface area (Å²) in [6.45, 7) is 3.30. The predicted molar refractivity (Wildman–Crippen MR) is 33.4 cm³/mol. The SMILES string of the molecule is SCN1CCNC1. The van der Waals surface area contributed by atoms with Crippen LogP contribution in [-0.4, -0.2) is 30.5 Å². The predicted octanol–water partition coefficient (Wildman–Crippen LogP) is -0.264. The van der Waals surface area contributed by atoms with E-state index in [2.05, 4.69) is 22.8 Å². The quantitative estimate of drug-likeness (QED) is 0.461. The molecule has 3 heteroatoms. The summed E-state index contributed by atoms with van der Waals surface area (Å²) in [4.78, 5) is 2.24. The number of thiol groups is 1. The molecule has 0 radical (unpaired) electrons. The zero-order valence-corrected chi connectivity index (χ0v) is 5.12. The summed E-state index contributed by atoms with van der Waals surface area (Å²) in [5.41, 5.74) is 0. The summed E-state index contributed by atoms with van der Waals surface area (Å²) in [6.07, 6.45) is 0. The van der Waals surface area contributed by atoms with E-state index in [0.29, 0.717) is 0 Å². The Morgan fingerprint density at radius 2 is 2.57 bits per heavy atom. The van der Waals surface area contributed by atoms with Gasteiger partial charge in [-0.2, -0.15) is 12.6 Å². The molecule has 0 aromatic heterocycles. The van der Waals surface area contributed by atoms with E-state index in [0.717, 1.165) is 25.6 Å². The lowest BCUT2D eigenvalue weighted by molar-refractivity contribution is 0.397. The van der Waals surface area contributed by atoms with Crippen molar-refractivity contribution in [2.24, 2.45) is 0 Å². The van der Waals surface area contributed by atoms with Crippen LogP contribution in [-0.2, 0) is 0 Å². The highest BCUT2D eigenvalue weighted by Gasteiger charge is 2.06. The summed E-state index contributed by atoms with van der Waals surface area (Å²) in [5, 5.41) is 3.20. The highest BCUT2D eigenvalue weighted by atomic mass is 32.1. The minimum atomic E-state index is 0.882. The van der Waals surface area contributed by atoms with Crippen molar-refractivity contribution in [2.75, 3.05) is 25.6 Å². The van der Waals surface area contributed by atoms with Crippen molar-refractivity contribution in [1.82, 2.24) is 10.2 Å². The number of hydrogen-bond donors (Lipinski definition) is 2. The number of rotatable bonds is 1. The molecular weight excluding hydrogens is 108 g/mol. The van der Waals surface area contributed by atoms with E-state index in [4.69, 9.17) is 0 Å². The maximum Gasteiger partial charge on any atom is 0.0489 e. The maximum absolute atomic E-state index is 4.10. The zero-order chi connectivity index (χ0) is 5.11. The molecule has 42 valence electrons. The molecule has 1 saturated heterocycles. The Morgan fingerprint density at radius 1 is 1.71 bits per heavy atom. The summed E-state index contributed by atoms with van der Waals surface area (Å²) in [7, 11) is 0. The molecule has 0 aromatic carbocycles. The van der Waals surface area contributed by atoms with Crippen LogP contribution in [0.4, 0.5) is 0 Å². The lowest BCUT2D eigenvalue weighted by Gasteiger charge is -2.06. The van der Waals surface area contributed by atoms with Crippen LogP contribution in [0.1, 0.15) is 0 Å². The molecule has 0 spiro atoms. The Bertz CT molecular complexity index is 51.7. The van der Waals surface area contributed by atoms with Crippen molar-refractivity contribution in [3.8, 4) is 0 Å². The molecule has 1 fully saturated rings. The van der Waals surface area contributed by atoms with Crippen molar-refractivity contribution >= 4 is 12.6 Å². The van der Waals surface area contributed by atoms with Gasteiger partial charge in [0.25, 0.3) is 0 Å². The summed E-state index contributed by atoms with van der Waals surface area (Å²) in [6, 6.07) is 0. The maximum atomic E-state index is 4.10. The Balaban J connectivity index is 2.14. The second-order valence-electron chi connectivity index (χ2n) is 1.69. The van der Waals surface area contributed by atoms with Crippen LogP contribution in [0, 0.1) is 0 Å². The van der Waals surface area contributed by atoms with E-state index in [1.54, 1.807) is 0 Å². The summed E-state index contributed by atoms with van der Waals surface area (Å²) in [5.74, 6) is 0.882. The molecule has 0 amide bonds. The van der Waals surface area contributed by atoms with E-state index < -0.39 is 0 Å². The molecular formula is C4H10N2S. The Morgan fingerprint density at radius 3 is 2.86 bits per heavy atom. The molecule has 0 atom stereocenters. The van der Waals surface area contributed by atoms with Crippen molar-refractivity contribution in [3.63, 3.8) is 0 Å². The molecule has 0 aliphatic carbocycles. The largest absolute Gasteiger partial charge is 0.303 e. The van der Waals surface area contributed by atoms with E-state index in [1.165, 1.54) is 0 Å². The minimum Gasteiger partial charge on any atom is -0.303 e. The molecule has 0 aromatic rings. The van der Waals surface area contributed by atoms with Crippen LogP contribution in [0.2, 0.25) is 0 Å². The second kappa shape index (κ2) is 2.55. The number of hydrogen-bond acceptors (Lipinski definition) is 3. The van der Waals surface area contributed by atoms with Crippen LogP contribution < -0.4 is 5.32 Å². The van der Waals surface area contributed by atoms with E-state index >= 15 is 0 Å². The fourth-order valence-electron chi connectivity index (χ4n) is 0.674. The van der Waals surface area contributed by atoms with Crippen molar-refractivity contribution in [1.29, 1.82) is 0 Å².